The lowest BCUT2D eigenvalue weighted by molar-refractivity contribution is 0.628. The summed E-state index contributed by atoms with van der Waals surface area (Å²) in [6.07, 6.45) is 5.01. The van der Waals surface area contributed by atoms with Gasteiger partial charge in [-0.3, -0.25) is 0 Å². The lowest BCUT2D eigenvalue weighted by Gasteiger charge is -2.13. The molecule has 1 aliphatic rings. The van der Waals surface area contributed by atoms with Gasteiger partial charge in [0.15, 0.2) is 0 Å². The lowest BCUT2D eigenvalue weighted by atomic mass is 10.0. The van der Waals surface area contributed by atoms with E-state index in [1.807, 2.05) is 11.3 Å². The number of thiazole rings is 1. The highest BCUT2D eigenvalue weighted by Gasteiger charge is 2.22. The van der Waals surface area contributed by atoms with Gasteiger partial charge >= 0.3 is 0 Å². The normalized spacial score (nSPS) is 16.3. The van der Waals surface area contributed by atoms with Crippen LogP contribution in [-0.4, -0.2) is 11.5 Å². The standard InChI is InChI=1S/C14H17BrN2S2/c1-2-16-13(11-7-8-12(15)18-11)14-17-9-5-3-4-6-10(9)19-14/h7-8,13,16H,2-6H2,1H3. The minimum Gasteiger partial charge on any atom is -0.304 e. The Hall–Kier alpha value is -0.230. The smallest absolute Gasteiger partial charge is 0.115 e. The fraction of sp³-hybridized carbons (Fsp3) is 0.500. The van der Waals surface area contributed by atoms with E-state index >= 15 is 0 Å². The molecule has 2 aromatic heterocycles. The molecule has 2 heterocycles. The molecule has 0 spiro atoms. The Bertz CT molecular complexity index is 538. The zero-order chi connectivity index (χ0) is 13.2. The van der Waals surface area contributed by atoms with Crippen molar-refractivity contribution in [2.45, 2.75) is 38.6 Å². The second kappa shape index (κ2) is 6.04. The summed E-state index contributed by atoms with van der Waals surface area (Å²) in [5.41, 5.74) is 1.35. The summed E-state index contributed by atoms with van der Waals surface area (Å²) in [5.74, 6) is 0. The van der Waals surface area contributed by atoms with Gasteiger partial charge in [0.2, 0.25) is 0 Å². The van der Waals surface area contributed by atoms with Gasteiger partial charge < -0.3 is 5.32 Å². The van der Waals surface area contributed by atoms with Crippen LogP contribution in [0.1, 0.15) is 46.3 Å². The van der Waals surface area contributed by atoms with Crippen LogP contribution in [0.5, 0.6) is 0 Å². The monoisotopic (exact) mass is 356 g/mol. The van der Waals surface area contributed by atoms with Gasteiger partial charge in [0.25, 0.3) is 0 Å². The van der Waals surface area contributed by atoms with Crippen molar-refractivity contribution in [2.75, 3.05) is 6.54 Å². The molecule has 1 atom stereocenters. The van der Waals surface area contributed by atoms with Gasteiger partial charge in [0.1, 0.15) is 5.01 Å². The molecular formula is C14H17BrN2S2. The van der Waals surface area contributed by atoms with Crippen molar-refractivity contribution >= 4 is 38.6 Å². The first-order chi connectivity index (χ1) is 9.28. The number of rotatable bonds is 4. The number of hydrogen-bond donors (Lipinski definition) is 1. The summed E-state index contributed by atoms with van der Waals surface area (Å²) in [5, 5.41) is 4.81. The number of thiophene rings is 1. The van der Waals surface area contributed by atoms with Gasteiger partial charge in [-0.25, -0.2) is 4.98 Å². The van der Waals surface area contributed by atoms with E-state index in [1.54, 1.807) is 11.3 Å². The second-order valence-corrected chi connectivity index (χ2v) is 8.37. The van der Waals surface area contributed by atoms with Gasteiger partial charge in [-0.1, -0.05) is 6.92 Å². The quantitative estimate of drug-likeness (QED) is 0.869. The molecule has 0 saturated carbocycles. The molecule has 5 heteroatoms. The number of fused-ring (bicyclic) bond motifs is 1. The van der Waals surface area contributed by atoms with Crippen LogP contribution in [0.15, 0.2) is 15.9 Å². The molecule has 1 aliphatic carbocycles. The number of hydrogen-bond acceptors (Lipinski definition) is 4. The van der Waals surface area contributed by atoms with Crippen molar-refractivity contribution in [2.24, 2.45) is 0 Å². The van der Waals surface area contributed by atoms with Gasteiger partial charge in [-0.05, 0) is 60.3 Å². The first kappa shape index (κ1) is 13.7. The number of halogens is 1. The molecule has 3 rings (SSSR count). The predicted molar refractivity (Wildman–Crippen MR) is 86.3 cm³/mol. The predicted octanol–water partition coefficient (Wildman–Crippen LogP) is 4.54. The first-order valence-corrected chi connectivity index (χ1v) is 9.17. The maximum Gasteiger partial charge on any atom is 0.115 e. The Morgan fingerprint density at radius 1 is 1.32 bits per heavy atom. The topological polar surface area (TPSA) is 24.9 Å². The van der Waals surface area contributed by atoms with Crippen molar-refractivity contribution in [1.29, 1.82) is 0 Å². The molecule has 19 heavy (non-hydrogen) atoms. The molecule has 0 radical (unpaired) electrons. The Morgan fingerprint density at radius 3 is 2.84 bits per heavy atom. The molecule has 0 aromatic carbocycles. The fourth-order valence-corrected chi connectivity index (χ4v) is 5.32. The molecule has 0 bridgehead atoms. The van der Waals surface area contributed by atoms with Crippen molar-refractivity contribution in [3.05, 3.63) is 36.4 Å². The minimum atomic E-state index is 0.261. The summed E-state index contributed by atoms with van der Waals surface area (Å²) in [6, 6.07) is 4.58. The minimum absolute atomic E-state index is 0.261. The number of aromatic nitrogens is 1. The average Bonchev–Trinajstić information content (AvgIpc) is 3.01. The van der Waals surface area contributed by atoms with Crippen molar-refractivity contribution < 1.29 is 0 Å². The highest BCUT2D eigenvalue weighted by Crippen LogP contribution is 2.36. The first-order valence-electron chi connectivity index (χ1n) is 6.75. The van der Waals surface area contributed by atoms with Crippen LogP contribution in [-0.2, 0) is 12.8 Å². The van der Waals surface area contributed by atoms with Crippen LogP contribution >= 0.6 is 38.6 Å². The highest BCUT2D eigenvalue weighted by molar-refractivity contribution is 9.11. The van der Waals surface area contributed by atoms with E-state index in [0.29, 0.717) is 0 Å². The molecule has 2 nitrogen and oxygen atoms in total. The van der Waals surface area contributed by atoms with E-state index < -0.39 is 0 Å². The third-order valence-corrected chi connectivity index (χ3v) is 6.31. The van der Waals surface area contributed by atoms with E-state index in [9.17, 15) is 0 Å². The van der Waals surface area contributed by atoms with E-state index in [1.165, 1.54) is 49.9 Å². The third kappa shape index (κ3) is 2.94. The summed E-state index contributed by atoms with van der Waals surface area (Å²) in [7, 11) is 0. The lowest BCUT2D eigenvalue weighted by Crippen LogP contribution is -2.20. The Balaban J connectivity index is 1.93. The van der Waals surface area contributed by atoms with E-state index in [-0.39, 0.29) is 6.04 Å². The zero-order valence-corrected chi connectivity index (χ0v) is 14.1. The van der Waals surface area contributed by atoms with Gasteiger partial charge in [-0.2, -0.15) is 0 Å². The van der Waals surface area contributed by atoms with Gasteiger partial charge in [0, 0.05) is 9.75 Å². The maximum atomic E-state index is 4.90. The molecule has 0 amide bonds. The van der Waals surface area contributed by atoms with E-state index in [4.69, 9.17) is 4.98 Å². The molecule has 0 aliphatic heterocycles. The number of nitrogens with one attached hydrogen (secondary N) is 1. The van der Waals surface area contributed by atoms with Crippen molar-refractivity contribution in [3.63, 3.8) is 0 Å². The van der Waals surface area contributed by atoms with Gasteiger partial charge in [0.05, 0.1) is 15.5 Å². The number of aryl methyl sites for hydroxylation is 2. The summed E-state index contributed by atoms with van der Waals surface area (Å²) in [6.45, 7) is 3.12. The maximum absolute atomic E-state index is 4.90. The van der Waals surface area contributed by atoms with E-state index in [0.717, 1.165) is 6.54 Å². The Kier molecular flexibility index (Phi) is 4.37. The number of nitrogens with zero attached hydrogens (tertiary/aromatic N) is 1. The molecule has 2 aromatic rings. The fourth-order valence-electron chi connectivity index (χ4n) is 2.49. The van der Waals surface area contributed by atoms with Crippen LogP contribution < -0.4 is 5.32 Å². The highest BCUT2D eigenvalue weighted by atomic mass is 79.9. The molecule has 1 N–H and O–H groups in total. The zero-order valence-electron chi connectivity index (χ0n) is 10.9. The Morgan fingerprint density at radius 2 is 2.16 bits per heavy atom. The van der Waals surface area contributed by atoms with Crippen LogP contribution in [0.3, 0.4) is 0 Å². The molecular weight excluding hydrogens is 340 g/mol. The molecule has 0 saturated heterocycles. The van der Waals surface area contributed by atoms with Crippen molar-refractivity contribution in [1.82, 2.24) is 10.3 Å². The third-order valence-electron chi connectivity index (χ3n) is 3.40. The molecule has 102 valence electrons. The van der Waals surface area contributed by atoms with Crippen LogP contribution in [0, 0.1) is 0 Å². The van der Waals surface area contributed by atoms with Crippen LogP contribution in [0.2, 0.25) is 0 Å². The van der Waals surface area contributed by atoms with Crippen molar-refractivity contribution in [3.8, 4) is 0 Å². The van der Waals surface area contributed by atoms with Crippen LogP contribution in [0.25, 0.3) is 0 Å². The van der Waals surface area contributed by atoms with E-state index in [2.05, 4.69) is 40.3 Å². The SMILES string of the molecule is CCNC(c1ccc(Br)s1)c1nc2c(s1)CCCC2. The van der Waals surface area contributed by atoms with Crippen LogP contribution in [0.4, 0.5) is 0 Å². The summed E-state index contributed by atoms with van der Waals surface area (Å²) >= 11 is 7.26. The Labute approximate surface area is 130 Å². The largest absolute Gasteiger partial charge is 0.304 e. The second-order valence-electron chi connectivity index (χ2n) is 4.76. The van der Waals surface area contributed by atoms with Gasteiger partial charge in [-0.15, -0.1) is 22.7 Å². The summed E-state index contributed by atoms with van der Waals surface area (Å²) < 4.78 is 1.19. The summed E-state index contributed by atoms with van der Waals surface area (Å²) in [4.78, 5) is 7.76. The average molecular weight is 357 g/mol. The molecule has 1 unspecified atom stereocenters. The molecule has 0 fully saturated rings.